The molecule has 0 saturated heterocycles. The van der Waals surface area contributed by atoms with Crippen LogP contribution in [-0.4, -0.2) is 22.5 Å². The van der Waals surface area contributed by atoms with Crippen LogP contribution in [0.2, 0.25) is 0 Å². The Labute approximate surface area is 106 Å². The lowest BCUT2D eigenvalue weighted by Gasteiger charge is -2.20. The minimum atomic E-state index is -0.723. The Morgan fingerprint density at radius 1 is 1.17 bits per heavy atom. The number of phenolic OH excluding ortho intramolecular Hbond substituents is 1. The molecule has 2 amide bonds. The van der Waals surface area contributed by atoms with Crippen LogP contribution in [0.15, 0.2) is 18.2 Å². The zero-order valence-corrected chi connectivity index (χ0v) is 11.0. The fourth-order valence-corrected chi connectivity index (χ4v) is 1.36. The minimum absolute atomic E-state index is 0.115. The zero-order chi connectivity index (χ0) is 13.9. The van der Waals surface area contributed by atoms with Crippen LogP contribution in [0.3, 0.4) is 0 Å². The maximum absolute atomic E-state index is 11.6. The number of amides is 2. The first-order valence-corrected chi connectivity index (χ1v) is 5.62. The molecule has 0 bridgehead atoms. The predicted molar refractivity (Wildman–Crippen MR) is 69.4 cm³/mol. The first-order chi connectivity index (χ1) is 8.19. The Kier molecular flexibility index (Phi) is 3.96. The van der Waals surface area contributed by atoms with Gasteiger partial charge in [-0.25, -0.2) is 0 Å². The molecule has 0 atom stereocenters. The highest BCUT2D eigenvalue weighted by Gasteiger charge is 2.20. The second kappa shape index (κ2) is 5.08. The Morgan fingerprint density at radius 2 is 1.78 bits per heavy atom. The highest BCUT2D eigenvalue weighted by Crippen LogP contribution is 2.19. The molecular formula is C13H18N2O3. The van der Waals surface area contributed by atoms with Crippen LogP contribution in [0.25, 0.3) is 0 Å². The number of aryl methyl sites for hydroxylation is 1. The molecule has 0 aliphatic carbocycles. The van der Waals surface area contributed by atoms with E-state index in [0.717, 1.165) is 0 Å². The molecule has 0 unspecified atom stereocenters. The Hall–Kier alpha value is -2.04. The van der Waals surface area contributed by atoms with Crippen LogP contribution in [0.1, 0.15) is 26.3 Å². The molecule has 1 aromatic carbocycles. The summed E-state index contributed by atoms with van der Waals surface area (Å²) in [5, 5.41) is 14.3. The second-order valence-corrected chi connectivity index (χ2v) is 5.16. The summed E-state index contributed by atoms with van der Waals surface area (Å²) in [4.78, 5) is 23.2. The Bertz CT molecular complexity index is 476. The summed E-state index contributed by atoms with van der Waals surface area (Å²) >= 11 is 0. The lowest BCUT2D eigenvalue weighted by molar-refractivity contribution is -0.137. The molecule has 1 aromatic rings. The van der Waals surface area contributed by atoms with E-state index in [2.05, 4.69) is 10.6 Å². The van der Waals surface area contributed by atoms with E-state index in [1.807, 2.05) is 0 Å². The second-order valence-electron chi connectivity index (χ2n) is 5.16. The Balaban J connectivity index is 2.73. The number of nitrogens with one attached hydrogen (secondary N) is 2. The predicted octanol–water partition coefficient (Wildman–Crippen LogP) is 1.55. The van der Waals surface area contributed by atoms with Crippen molar-refractivity contribution in [3.05, 3.63) is 23.8 Å². The van der Waals surface area contributed by atoms with Crippen molar-refractivity contribution in [1.29, 1.82) is 0 Å². The van der Waals surface area contributed by atoms with Gasteiger partial charge in [0.05, 0.1) is 0 Å². The zero-order valence-electron chi connectivity index (χ0n) is 11.0. The van der Waals surface area contributed by atoms with Crippen molar-refractivity contribution in [1.82, 2.24) is 5.32 Å². The van der Waals surface area contributed by atoms with Crippen molar-refractivity contribution < 1.29 is 14.7 Å². The van der Waals surface area contributed by atoms with E-state index < -0.39 is 17.4 Å². The van der Waals surface area contributed by atoms with E-state index in [0.29, 0.717) is 11.3 Å². The van der Waals surface area contributed by atoms with Gasteiger partial charge < -0.3 is 15.7 Å². The van der Waals surface area contributed by atoms with E-state index in [1.54, 1.807) is 33.8 Å². The number of carbonyl (C=O) groups excluding carboxylic acids is 2. The molecule has 0 spiro atoms. The van der Waals surface area contributed by atoms with E-state index in [4.69, 9.17) is 0 Å². The van der Waals surface area contributed by atoms with Gasteiger partial charge in [0, 0.05) is 11.2 Å². The molecule has 3 N–H and O–H groups in total. The number of carbonyl (C=O) groups is 2. The Morgan fingerprint density at radius 3 is 2.28 bits per heavy atom. The average molecular weight is 250 g/mol. The number of anilines is 1. The van der Waals surface area contributed by atoms with Gasteiger partial charge in [-0.2, -0.15) is 0 Å². The van der Waals surface area contributed by atoms with Gasteiger partial charge in [-0.1, -0.05) is 0 Å². The van der Waals surface area contributed by atoms with Crippen molar-refractivity contribution in [2.75, 3.05) is 5.32 Å². The van der Waals surface area contributed by atoms with E-state index >= 15 is 0 Å². The van der Waals surface area contributed by atoms with E-state index in [9.17, 15) is 14.7 Å². The number of benzene rings is 1. The van der Waals surface area contributed by atoms with Crippen molar-refractivity contribution >= 4 is 17.5 Å². The summed E-state index contributed by atoms with van der Waals surface area (Å²) < 4.78 is 0. The molecule has 5 heteroatoms. The SMILES string of the molecule is Cc1cc(O)ccc1NC(=O)C(=O)NC(C)(C)C. The summed E-state index contributed by atoms with van der Waals surface area (Å²) in [6, 6.07) is 4.51. The molecule has 1 rings (SSSR count). The maximum atomic E-state index is 11.6. The van der Waals surface area contributed by atoms with Gasteiger partial charge in [0.15, 0.2) is 0 Å². The molecular weight excluding hydrogens is 232 g/mol. The highest BCUT2D eigenvalue weighted by atomic mass is 16.3. The van der Waals surface area contributed by atoms with E-state index in [1.165, 1.54) is 12.1 Å². The van der Waals surface area contributed by atoms with Crippen molar-refractivity contribution in [2.24, 2.45) is 0 Å². The largest absolute Gasteiger partial charge is 0.508 e. The van der Waals surface area contributed by atoms with Gasteiger partial charge >= 0.3 is 11.8 Å². The molecule has 0 radical (unpaired) electrons. The van der Waals surface area contributed by atoms with Gasteiger partial charge in [0.1, 0.15) is 5.75 Å². The number of aromatic hydroxyl groups is 1. The molecule has 18 heavy (non-hydrogen) atoms. The number of hydrogen-bond donors (Lipinski definition) is 3. The third-order valence-corrected chi connectivity index (χ3v) is 2.15. The fourth-order valence-electron chi connectivity index (χ4n) is 1.36. The van der Waals surface area contributed by atoms with Crippen LogP contribution in [0.4, 0.5) is 5.69 Å². The topological polar surface area (TPSA) is 78.4 Å². The summed E-state index contributed by atoms with van der Waals surface area (Å²) in [6.45, 7) is 7.12. The first-order valence-electron chi connectivity index (χ1n) is 5.62. The van der Waals surface area contributed by atoms with Crippen LogP contribution in [-0.2, 0) is 9.59 Å². The molecule has 98 valence electrons. The molecule has 0 aliphatic rings. The molecule has 5 nitrogen and oxygen atoms in total. The minimum Gasteiger partial charge on any atom is -0.508 e. The number of rotatable bonds is 1. The fraction of sp³-hybridized carbons (Fsp3) is 0.385. The number of hydrogen-bond acceptors (Lipinski definition) is 3. The summed E-state index contributed by atoms with van der Waals surface area (Å²) in [5.74, 6) is -1.29. The van der Waals surface area contributed by atoms with Gasteiger partial charge in [-0.05, 0) is 51.5 Å². The molecule has 0 saturated carbocycles. The van der Waals surface area contributed by atoms with Gasteiger partial charge in [-0.15, -0.1) is 0 Å². The normalized spacial score (nSPS) is 10.9. The standard InChI is InChI=1S/C13H18N2O3/c1-8-7-9(16)5-6-10(8)14-11(17)12(18)15-13(2,3)4/h5-7,16H,1-4H3,(H,14,17)(H,15,18). The van der Waals surface area contributed by atoms with Crippen LogP contribution in [0, 0.1) is 6.92 Å². The van der Waals surface area contributed by atoms with Gasteiger partial charge in [0.25, 0.3) is 0 Å². The highest BCUT2D eigenvalue weighted by molar-refractivity contribution is 6.39. The third kappa shape index (κ3) is 4.08. The number of phenols is 1. The molecule has 0 fully saturated rings. The lowest BCUT2D eigenvalue weighted by atomic mass is 10.1. The summed E-state index contributed by atoms with van der Waals surface area (Å²) in [6.07, 6.45) is 0. The molecule has 0 aromatic heterocycles. The smallest absolute Gasteiger partial charge is 0.313 e. The van der Waals surface area contributed by atoms with Crippen molar-refractivity contribution in [2.45, 2.75) is 33.2 Å². The van der Waals surface area contributed by atoms with Crippen molar-refractivity contribution in [3.8, 4) is 5.75 Å². The van der Waals surface area contributed by atoms with Crippen LogP contribution in [0.5, 0.6) is 5.75 Å². The molecule has 0 aliphatic heterocycles. The quantitative estimate of drug-likeness (QED) is 0.522. The van der Waals surface area contributed by atoms with Gasteiger partial charge in [0.2, 0.25) is 0 Å². The van der Waals surface area contributed by atoms with Crippen LogP contribution < -0.4 is 10.6 Å². The molecule has 0 heterocycles. The van der Waals surface area contributed by atoms with Gasteiger partial charge in [-0.3, -0.25) is 9.59 Å². The lowest BCUT2D eigenvalue weighted by Crippen LogP contribution is -2.46. The summed E-state index contributed by atoms with van der Waals surface area (Å²) in [7, 11) is 0. The average Bonchev–Trinajstić information content (AvgIpc) is 2.19. The van der Waals surface area contributed by atoms with E-state index in [-0.39, 0.29) is 5.75 Å². The maximum Gasteiger partial charge on any atom is 0.313 e. The first kappa shape index (κ1) is 14.0. The monoisotopic (exact) mass is 250 g/mol. The van der Waals surface area contributed by atoms with Crippen LogP contribution >= 0.6 is 0 Å². The van der Waals surface area contributed by atoms with Crippen molar-refractivity contribution in [3.63, 3.8) is 0 Å². The summed E-state index contributed by atoms with van der Waals surface area (Å²) in [5.41, 5.74) is 0.729. The third-order valence-electron chi connectivity index (χ3n) is 2.15.